The number of hydrogen-bond donors (Lipinski definition) is 1. The second kappa shape index (κ2) is 6.01. The van der Waals surface area contributed by atoms with E-state index < -0.39 is 39.5 Å². The topological polar surface area (TPSA) is 95.5 Å². The highest BCUT2D eigenvalue weighted by Crippen LogP contribution is 2.38. The summed E-state index contributed by atoms with van der Waals surface area (Å²) in [5, 5.41) is -3.01. The van der Waals surface area contributed by atoms with Crippen LogP contribution in [-0.2, 0) is 19.6 Å². The van der Waals surface area contributed by atoms with E-state index in [4.69, 9.17) is 0 Å². The Balaban J connectivity index is 2.97. The average Bonchev–Trinajstić information content (AvgIpc) is 2.33. The molecule has 0 spiro atoms. The standard InChI is InChI=1S/C9H12F5NO5S/c10-8(11,12)7(9(13,14)21(17,18)19)20-6(16)5-1-3-15-4-2-5/h5,7,15H,1-4H2,(H,17,18,19)/p-1. The zero-order valence-electron chi connectivity index (χ0n) is 10.3. The second-order valence-electron chi connectivity index (χ2n) is 4.40. The molecule has 1 fully saturated rings. The predicted octanol–water partition coefficient (Wildman–Crippen LogP) is 0.598. The molecule has 0 aromatic rings. The van der Waals surface area contributed by atoms with Gasteiger partial charge in [0.05, 0.1) is 5.92 Å². The molecule has 0 saturated carbocycles. The Morgan fingerprint density at radius 1 is 1.19 bits per heavy atom. The van der Waals surface area contributed by atoms with Crippen LogP contribution in [0.5, 0.6) is 0 Å². The maximum Gasteiger partial charge on any atom is 0.432 e. The Morgan fingerprint density at radius 3 is 2.05 bits per heavy atom. The maximum absolute atomic E-state index is 13.1. The van der Waals surface area contributed by atoms with E-state index >= 15 is 0 Å². The lowest BCUT2D eigenvalue weighted by Gasteiger charge is -2.31. The van der Waals surface area contributed by atoms with Crippen molar-refractivity contribution in [3.05, 3.63) is 0 Å². The Hall–Kier alpha value is -1.01. The molecule has 0 aliphatic carbocycles. The highest BCUT2D eigenvalue weighted by Gasteiger charge is 2.63. The first kappa shape index (κ1) is 18.0. The van der Waals surface area contributed by atoms with E-state index in [0.29, 0.717) is 0 Å². The van der Waals surface area contributed by atoms with Gasteiger partial charge in [-0.15, -0.1) is 0 Å². The van der Waals surface area contributed by atoms with Gasteiger partial charge in [-0.05, 0) is 25.9 Å². The largest absolute Gasteiger partial charge is 0.743 e. The summed E-state index contributed by atoms with van der Waals surface area (Å²) in [5.41, 5.74) is 0. The van der Waals surface area contributed by atoms with E-state index in [0.717, 1.165) is 0 Å². The van der Waals surface area contributed by atoms with E-state index in [1.807, 2.05) is 0 Å². The van der Waals surface area contributed by atoms with Crippen LogP contribution in [0.2, 0.25) is 0 Å². The first-order chi connectivity index (χ1) is 9.37. The minimum atomic E-state index is -6.65. The molecule has 1 unspecified atom stereocenters. The van der Waals surface area contributed by atoms with Crippen molar-refractivity contribution in [3.63, 3.8) is 0 Å². The Morgan fingerprint density at radius 2 is 1.67 bits per heavy atom. The van der Waals surface area contributed by atoms with Crippen molar-refractivity contribution in [3.8, 4) is 0 Å². The van der Waals surface area contributed by atoms with Crippen molar-refractivity contribution in [1.82, 2.24) is 5.32 Å². The van der Waals surface area contributed by atoms with Gasteiger partial charge >= 0.3 is 17.4 Å². The molecule has 0 bridgehead atoms. The fourth-order valence-electron chi connectivity index (χ4n) is 1.73. The summed E-state index contributed by atoms with van der Waals surface area (Å²) in [6.45, 7) is 0.541. The van der Waals surface area contributed by atoms with Gasteiger partial charge < -0.3 is 14.6 Å². The van der Waals surface area contributed by atoms with Gasteiger partial charge in [-0.25, -0.2) is 8.42 Å². The third-order valence-electron chi connectivity index (χ3n) is 2.84. The highest BCUT2D eigenvalue weighted by atomic mass is 32.2. The van der Waals surface area contributed by atoms with E-state index in [1.54, 1.807) is 0 Å². The summed E-state index contributed by atoms with van der Waals surface area (Å²) < 4.78 is 98.2. The first-order valence-corrected chi connectivity index (χ1v) is 7.09. The number of halogens is 5. The molecule has 6 nitrogen and oxygen atoms in total. The van der Waals surface area contributed by atoms with E-state index in [2.05, 4.69) is 10.1 Å². The smallest absolute Gasteiger partial charge is 0.432 e. The fraction of sp³-hybridized carbons (Fsp3) is 0.889. The molecule has 1 aliphatic heterocycles. The molecule has 1 N–H and O–H groups in total. The number of carbonyl (C=O) groups is 1. The SMILES string of the molecule is O=C(OC(C(F)(F)F)C(F)(F)S(=O)(=O)[O-])C1CCNCC1. The number of piperidine rings is 1. The number of rotatable bonds is 4. The monoisotopic (exact) mass is 340 g/mol. The van der Waals surface area contributed by atoms with Crippen molar-refractivity contribution in [2.75, 3.05) is 13.1 Å². The third kappa shape index (κ3) is 4.23. The van der Waals surface area contributed by atoms with Gasteiger partial charge in [-0.2, -0.15) is 22.0 Å². The van der Waals surface area contributed by atoms with Crippen molar-refractivity contribution in [2.45, 2.75) is 30.4 Å². The molecule has 1 saturated heterocycles. The molecule has 1 atom stereocenters. The molecule has 0 radical (unpaired) electrons. The molecule has 0 aromatic heterocycles. The maximum atomic E-state index is 13.1. The molecule has 1 aliphatic rings. The van der Waals surface area contributed by atoms with Gasteiger partial charge in [0.2, 0.25) is 0 Å². The van der Waals surface area contributed by atoms with E-state index in [9.17, 15) is 39.7 Å². The van der Waals surface area contributed by atoms with Gasteiger partial charge in [0.15, 0.2) is 10.1 Å². The third-order valence-corrected chi connectivity index (χ3v) is 3.72. The van der Waals surface area contributed by atoms with Crippen molar-refractivity contribution < 1.29 is 44.5 Å². The Labute approximate surface area is 116 Å². The lowest BCUT2D eigenvalue weighted by molar-refractivity contribution is -0.261. The summed E-state index contributed by atoms with van der Waals surface area (Å²) in [4.78, 5) is 11.4. The number of nitrogens with one attached hydrogen (secondary N) is 1. The minimum absolute atomic E-state index is 0.0547. The lowest BCUT2D eigenvalue weighted by Crippen LogP contribution is -2.53. The van der Waals surface area contributed by atoms with Crippen molar-refractivity contribution >= 4 is 16.1 Å². The zero-order valence-corrected chi connectivity index (χ0v) is 11.1. The van der Waals surface area contributed by atoms with Crippen LogP contribution in [0.25, 0.3) is 0 Å². The minimum Gasteiger partial charge on any atom is -0.743 e. The summed E-state index contributed by atoms with van der Waals surface area (Å²) in [7, 11) is -6.65. The lowest BCUT2D eigenvalue weighted by atomic mass is 9.98. The van der Waals surface area contributed by atoms with Gasteiger partial charge in [0.1, 0.15) is 0 Å². The first-order valence-electron chi connectivity index (χ1n) is 5.68. The van der Waals surface area contributed by atoms with E-state index in [-0.39, 0.29) is 25.9 Å². The molecular weight excluding hydrogens is 329 g/mol. The summed E-state index contributed by atoms with van der Waals surface area (Å²) >= 11 is 0. The molecule has 1 rings (SSSR count). The van der Waals surface area contributed by atoms with Crippen LogP contribution in [-0.4, -0.2) is 49.6 Å². The van der Waals surface area contributed by atoms with Crippen LogP contribution in [0.3, 0.4) is 0 Å². The number of hydrogen-bond acceptors (Lipinski definition) is 6. The molecule has 124 valence electrons. The molecular formula is C9H11F5NO5S-. The average molecular weight is 340 g/mol. The quantitative estimate of drug-likeness (QED) is 0.457. The van der Waals surface area contributed by atoms with Crippen LogP contribution in [0, 0.1) is 5.92 Å². The van der Waals surface area contributed by atoms with Gasteiger partial charge in [-0.3, -0.25) is 4.79 Å². The van der Waals surface area contributed by atoms with Crippen LogP contribution >= 0.6 is 0 Å². The predicted molar refractivity (Wildman–Crippen MR) is 56.2 cm³/mol. The van der Waals surface area contributed by atoms with Crippen LogP contribution < -0.4 is 5.32 Å². The molecule has 21 heavy (non-hydrogen) atoms. The molecule has 0 aromatic carbocycles. The number of ether oxygens (including phenoxy) is 1. The van der Waals surface area contributed by atoms with Gasteiger partial charge in [-0.1, -0.05) is 0 Å². The number of alkyl halides is 5. The Kier molecular flexibility index (Phi) is 5.16. The van der Waals surface area contributed by atoms with Crippen molar-refractivity contribution in [2.24, 2.45) is 5.92 Å². The molecule has 12 heteroatoms. The van der Waals surface area contributed by atoms with Crippen LogP contribution in [0.1, 0.15) is 12.8 Å². The summed E-state index contributed by atoms with van der Waals surface area (Å²) in [5.74, 6) is -2.68. The van der Waals surface area contributed by atoms with Crippen LogP contribution in [0.15, 0.2) is 0 Å². The van der Waals surface area contributed by atoms with Gasteiger partial charge in [0.25, 0.3) is 6.10 Å². The Bertz CT molecular complexity index is 485. The summed E-state index contributed by atoms with van der Waals surface area (Å²) in [6, 6.07) is 0. The van der Waals surface area contributed by atoms with E-state index in [1.165, 1.54) is 0 Å². The van der Waals surface area contributed by atoms with Crippen LogP contribution in [0.4, 0.5) is 22.0 Å². The molecule has 0 amide bonds. The molecule has 1 heterocycles. The normalized spacial score (nSPS) is 20.1. The second-order valence-corrected chi connectivity index (χ2v) is 5.85. The zero-order chi connectivity index (χ0) is 16.5. The van der Waals surface area contributed by atoms with Crippen molar-refractivity contribution in [1.29, 1.82) is 0 Å². The van der Waals surface area contributed by atoms with Gasteiger partial charge in [0, 0.05) is 0 Å². The fourth-order valence-corrected chi connectivity index (χ4v) is 2.17. The summed E-state index contributed by atoms with van der Waals surface area (Å²) in [6.07, 6.45) is -10.1. The number of carbonyl (C=O) groups excluding carboxylic acids is 1. The number of esters is 1. The highest BCUT2D eigenvalue weighted by molar-refractivity contribution is 7.86.